The average Bonchev–Trinajstić information content (AvgIpc) is 3.20. The maximum atomic E-state index is 12.8. The summed E-state index contributed by atoms with van der Waals surface area (Å²) in [4.78, 5) is 38.6. The zero-order chi connectivity index (χ0) is 23.0. The van der Waals surface area contributed by atoms with Gasteiger partial charge in [0.25, 0.3) is 5.91 Å². The highest BCUT2D eigenvalue weighted by molar-refractivity contribution is 6.00. The number of hydrogen-bond acceptors (Lipinski definition) is 5. The predicted molar refractivity (Wildman–Crippen MR) is 122 cm³/mol. The van der Waals surface area contributed by atoms with Gasteiger partial charge < -0.3 is 19.7 Å². The van der Waals surface area contributed by atoms with E-state index >= 15 is 0 Å². The molecule has 0 atom stereocenters. The second kappa shape index (κ2) is 8.54. The lowest BCUT2D eigenvalue weighted by Gasteiger charge is -2.43. The third-order valence-electron chi connectivity index (χ3n) is 6.97. The van der Waals surface area contributed by atoms with Gasteiger partial charge in [-0.3, -0.25) is 14.4 Å². The van der Waals surface area contributed by atoms with Gasteiger partial charge in [-0.05, 0) is 36.1 Å². The number of hydrogen-bond donors (Lipinski definition) is 1. The molecule has 5 rings (SSSR count). The van der Waals surface area contributed by atoms with Crippen LogP contribution in [0.1, 0.15) is 47.7 Å². The maximum absolute atomic E-state index is 12.8. The molecule has 3 aliphatic rings. The van der Waals surface area contributed by atoms with Gasteiger partial charge in [-0.15, -0.1) is 0 Å². The molecule has 0 saturated carbocycles. The van der Waals surface area contributed by atoms with Crippen molar-refractivity contribution >= 4 is 17.6 Å². The number of benzene rings is 2. The van der Waals surface area contributed by atoms with Crippen LogP contribution in [0.5, 0.6) is 11.5 Å². The number of carbonyl (C=O) groups is 3. The lowest BCUT2D eigenvalue weighted by atomic mass is 9.82. The number of nitrogens with zero attached hydrogens (tertiary/aromatic N) is 1. The highest BCUT2D eigenvalue weighted by Gasteiger charge is 2.43. The second-order valence-electron chi connectivity index (χ2n) is 9.28. The van der Waals surface area contributed by atoms with Crippen LogP contribution in [0, 0.1) is 0 Å². The molecule has 1 saturated heterocycles. The van der Waals surface area contributed by atoms with E-state index in [0.29, 0.717) is 49.4 Å². The smallest absolute Gasteiger partial charge is 0.258 e. The van der Waals surface area contributed by atoms with Crippen LogP contribution in [0.25, 0.3) is 0 Å². The fourth-order valence-electron chi connectivity index (χ4n) is 5.15. The normalized spacial score (nSPS) is 18.9. The largest absolute Gasteiger partial charge is 0.486 e. The molecule has 1 fully saturated rings. The lowest BCUT2D eigenvalue weighted by Crippen LogP contribution is -2.51. The Morgan fingerprint density at radius 3 is 2.48 bits per heavy atom. The van der Waals surface area contributed by atoms with E-state index in [-0.39, 0.29) is 30.2 Å². The Balaban J connectivity index is 1.19. The van der Waals surface area contributed by atoms with Gasteiger partial charge in [0.2, 0.25) is 5.91 Å². The molecular formula is C26H28N2O5. The Morgan fingerprint density at radius 2 is 1.82 bits per heavy atom. The molecule has 2 aliphatic heterocycles. The highest BCUT2D eigenvalue weighted by atomic mass is 16.5. The number of ether oxygens (including phenoxy) is 2. The minimum atomic E-state index is -0.580. The highest BCUT2D eigenvalue weighted by Crippen LogP contribution is 2.40. The Morgan fingerprint density at radius 1 is 1.12 bits per heavy atom. The van der Waals surface area contributed by atoms with E-state index in [2.05, 4.69) is 17.4 Å². The van der Waals surface area contributed by atoms with Gasteiger partial charge in [-0.2, -0.15) is 0 Å². The number of likely N-dealkylation sites (tertiary alicyclic amines) is 1. The number of Topliss-reactive ketones (excluding diaryl/α,β-unsaturated/α-hetero) is 1. The van der Waals surface area contributed by atoms with Gasteiger partial charge in [0.15, 0.2) is 12.4 Å². The van der Waals surface area contributed by atoms with E-state index in [1.807, 2.05) is 12.1 Å². The number of nitrogens with one attached hydrogen (secondary N) is 1. The SMILES string of the molecule is CC(=O)N1CCC2(CC1)CC(=O)c1ccc(OCC(=O)NC3Cc4ccccc4C3)cc1O2. The van der Waals surface area contributed by atoms with E-state index in [9.17, 15) is 14.4 Å². The van der Waals surface area contributed by atoms with Gasteiger partial charge in [-0.25, -0.2) is 0 Å². The first-order valence-corrected chi connectivity index (χ1v) is 11.5. The Labute approximate surface area is 193 Å². The third kappa shape index (κ3) is 4.45. The van der Waals surface area contributed by atoms with Crippen LogP contribution in [-0.4, -0.2) is 53.8 Å². The van der Waals surface area contributed by atoms with Gasteiger partial charge in [-0.1, -0.05) is 24.3 Å². The molecule has 0 aromatic heterocycles. The van der Waals surface area contributed by atoms with Crippen molar-refractivity contribution in [1.29, 1.82) is 0 Å². The molecule has 2 heterocycles. The molecule has 7 heteroatoms. The summed E-state index contributed by atoms with van der Waals surface area (Å²) in [5.74, 6) is 0.896. The molecule has 2 aromatic carbocycles. The van der Waals surface area contributed by atoms with Crippen molar-refractivity contribution in [3.63, 3.8) is 0 Å². The first kappa shape index (κ1) is 21.5. The summed E-state index contributed by atoms with van der Waals surface area (Å²) in [5.41, 5.74) is 2.52. The molecule has 0 bridgehead atoms. The number of fused-ring (bicyclic) bond motifs is 2. The number of rotatable bonds is 4. The van der Waals surface area contributed by atoms with Gasteiger partial charge in [0.05, 0.1) is 12.0 Å². The zero-order valence-electron chi connectivity index (χ0n) is 18.8. The van der Waals surface area contributed by atoms with Crippen LogP contribution in [0.3, 0.4) is 0 Å². The van der Waals surface area contributed by atoms with E-state index in [1.165, 1.54) is 11.1 Å². The van der Waals surface area contributed by atoms with E-state index < -0.39 is 5.60 Å². The van der Waals surface area contributed by atoms with Gasteiger partial charge >= 0.3 is 0 Å². The summed E-state index contributed by atoms with van der Waals surface area (Å²) in [7, 11) is 0. The minimum Gasteiger partial charge on any atom is -0.486 e. The number of ketones is 1. The lowest BCUT2D eigenvalue weighted by molar-refractivity contribution is -0.132. The van der Waals surface area contributed by atoms with E-state index in [1.54, 1.807) is 30.0 Å². The van der Waals surface area contributed by atoms with Crippen LogP contribution in [0.4, 0.5) is 0 Å². The fourth-order valence-corrected chi connectivity index (χ4v) is 5.15. The van der Waals surface area contributed by atoms with E-state index in [0.717, 1.165) is 12.8 Å². The van der Waals surface area contributed by atoms with Crippen molar-refractivity contribution in [1.82, 2.24) is 10.2 Å². The van der Waals surface area contributed by atoms with Crippen LogP contribution in [-0.2, 0) is 22.4 Å². The number of piperidine rings is 1. The van der Waals surface area contributed by atoms with Crippen molar-refractivity contribution in [3.05, 3.63) is 59.2 Å². The van der Waals surface area contributed by atoms with E-state index in [4.69, 9.17) is 9.47 Å². The van der Waals surface area contributed by atoms with Crippen molar-refractivity contribution < 1.29 is 23.9 Å². The summed E-state index contributed by atoms with van der Waals surface area (Å²) >= 11 is 0. The molecule has 172 valence electrons. The summed E-state index contributed by atoms with van der Waals surface area (Å²) in [6.45, 7) is 2.63. The molecule has 7 nitrogen and oxygen atoms in total. The monoisotopic (exact) mass is 448 g/mol. The molecule has 1 aliphatic carbocycles. The topological polar surface area (TPSA) is 84.9 Å². The van der Waals surface area contributed by atoms with Crippen LogP contribution in [0.2, 0.25) is 0 Å². The first-order chi connectivity index (χ1) is 15.9. The Kier molecular flexibility index (Phi) is 5.56. The molecule has 2 amide bonds. The third-order valence-corrected chi connectivity index (χ3v) is 6.97. The molecule has 33 heavy (non-hydrogen) atoms. The number of amides is 2. The molecule has 1 spiro atoms. The first-order valence-electron chi connectivity index (χ1n) is 11.5. The molecule has 0 radical (unpaired) electrons. The Hall–Kier alpha value is -3.35. The van der Waals surface area contributed by atoms with Crippen LogP contribution >= 0.6 is 0 Å². The maximum Gasteiger partial charge on any atom is 0.258 e. The molecule has 1 N–H and O–H groups in total. The zero-order valence-corrected chi connectivity index (χ0v) is 18.8. The van der Waals surface area contributed by atoms with Crippen molar-refractivity contribution in [2.45, 2.75) is 50.7 Å². The van der Waals surface area contributed by atoms with Gasteiger partial charge in [0.1, 0.15) is 17.1 Å². The van der Waals surface area contributed by atoms with Crippen molar-refractivity contribution in [3.8, 4) is 11.5 Å². The van der Waals surface area contributed by atoms with Crippen molar-refractivity contribution in [2.75, 3.05) is 19.7 Å². The molecule has 0 unspecified atom stereocenters. The molecular weight excluding hydrogens is 420 g/mol. The minimum absolute atomic E-state index is 0.0395. The average molecular weight is 449 g/mol. The Bertz CT molecular complexity index is 1080. The summed E-state index contributed by atoms with van der Waals surface area (Å²) < 4.78 is 12.0. The summed E-state index contributed by atoms with van der Waals surface area (Å²) in [6.07, 6.45) is 3.22. The predicted octanol–water partition coefficient (Wildman–Crippen LogP) is 2.70. The second-order valence-corrected chi connectivity index (χ2v) is 9.28. The fraction of sp³-hybridized carbons (Fsp3) is 0.423. The van der Waals surface area contributed by atoms with Crippen molar-refractivity contribution in [2.24, 2.45) is 0 Å². The number of carbonyl (C=O) groups excluding carboxylic acids is 3. The standard InChI is InChI=1S/C26H28N2O5/c1-17(29)28-10-8-26(9-11-28)15-23(30)22-7-6-21(14-24(22)33-26)32-16-25(31)27-20-12-18-4-2-3-5-19(18)13-20/h2-7,14,20H,8-13,15-16H2,1H3,(H,27,31). The van der Waals surface area contributed by atoms with Gasteiger partial charge in [0, 0.05) is 45.0 Å². The van der Waals surface area contributed by atoms with Crippen LogP contribution < -0.4 is 14.8 Å². The quantitative estimate of drug-likeness (QED) is 0.778. The molecule has 2 aromatic rings. The summed E-state index contributed by atoms with van der Waals surface area (Å²) in [5, 5.41) is 3.04. The van der Waals surface area contributed by atoms with Crippen LogP contribution in [0.15, 0.2) is 42.5 Å². The summed E-state index contributed by atoms with van der Waals surface area (Å²) in [6, 6.07) is 13.4.